The number of nitriles is 1. The molecular weight excluding hydrogens is 414 g/mol. The molecule has 0 radical (unpaired) electrons. The van der Waals surface area contributed by atoms with Gasteiger partial charge in [0.25, 0.3) is 5.91 Å². The van der Waals surface area contributed by atoms with Gasteiger partial charge in [-0.3, -0.25) is 4.79 Å². The molecule has 0 aliphatic carbocycles. The number of benzene rings is 2. The van der Waals surface area contributed by atoms with E-state index in [9.17, 15) is 18.5 Å². The summed E-state index contributed by atoms with van der Waals surface area (Å²) in [6.07, 6.45) is 3.13. The number of hydrogen-bond donors (Lipinski definition) is 1. The highest BCUT2D eigenvalue weighted by molar-refractivity contribution is 7.89. The highest BCUT2D eigenvalue weighted by Crippen LogP contribution is 2.28. The maximum Gasteiger partial charge on any atom is 0.261 e. The molecule has 0 saturated carbocycles. The van der Waals surface area contributed by atoms with Crippen molar-refractivity contribution in [3.8, 4) is 23.0 Å². The number of hydrogen-bond acceptors (Lipinski definition) is 5. The molecule has 3 rings (SSSR count). The molecule has 3 aromatic rings. The molecule has 1 N–H and O–H groups in total. The quantitative estimate of drug-likeness (QED) is 0.473. The average Bonchev–Trinajstić information content (AvgIpc) is 3.21. The molecule has 0 unspecified atom stereocenters. The first-order valence-electron chi connectivity index (χ1n) is 9.30. The number of sulfonamides is 1. The van der Waals surface area contributed by atoms with Crippen LogP contribution < -0.4 is 5.32 Å². The Balaban J connectivity index is 2.22. The summed E-state index contributed by atoms with van der Waals surface area (Å²) in [5.41, 5.74) is 2.17. The molecule has 0 atom stereocenters. The third-order valence-electron chi connectivity index (χ3n) is 4.54. The smallest absolute Gasteiger partial charge is 0.261 e. The lowest BCUT2D eigenvalue weighted by Gasteiger charge is -2.12. The molecule has 0 bridgehead atoms. The second-order valence-corrected chi connectivity index (χ2v) is 8.93. The minimum Gasteiger partial charge on any atom is -0.354 e. The molecule has 1 aromatic heterocycles. The van der Waals surface area contributed by atoms with Gasteiger partial charge in [0.1, 0.15) is 17.3 Å². The van der Waals surface area contributed by atoms with E-state index in [0.29, 0.717) is 16.8 Å². The fourth-order valence-electron chi connectivity index (χ4n) is 2.88. The lowest BCUT2D eigenvalue weighted by atomic mass is 10.1. The predicted octanol–water partition coefficient (Wildman–Crippen LogP) is 2.44. The number of rotatable bonds is 6. The number of amides is 1. The van der Waals surface area contributed by atoms with Gasteiger partial charge in [-0.1, -0.05) is 30.3 Å². The summed E-state index contributed by atoms with van der Waals surface area (Å²) >= 11 is 0. The summed E-state index contributed by atoms with van der Waals surface area (Å²) < 4.78 is 27.9. The molecule has 9 heteroatoms. The van der Waals surface area contributed by atoms with Crippen molar-refractivity contribution in [2.24, 2.45) is 0 Å². The molecule has 2 aromatic carbocycles. The Kier molecular flexibility index (Phi) is 6.34. The van der Waals surface area contributed by atoms with Crippen molar-refractivity contribution in [1.29, 1.82) is 5.26 Å². The lowest BCUT2D eigenvalue weighted by Crippen LogP contribution is -2.22. The standard InChI is InChI=1S/C22H21N5O3S/c1-24-22(28)17(14-23)12-18-15-27(19-9-5-4-6-10-19)25-21(18)16-8-7-11-20(13-16)31(29,30)26(2)3/h4-13,15H,1-3H3,(H,24,28)/b17-12+. The largest absolute Gasteiger partial charge is 0.354 e. The van der Waals surface area contributed by atoms with E-state index in [-0.39, 0.29) is 10.5 Å². The zero-order chi connectivity index (χ0) is 22.6. The third-order valence-corrected chi connectivity index (χ3v) is 6.35. The molecule has 0 aliphatic heterocycles. The Morgan fingerprint density at radius 3 is 2.48 bits per heavy atom. The van der Waals surface area contributed by atoms with E-state index in [2.05, 4.69) is 10.4 Å². The first-order chi connectivity index (χ1) is 14.8. The summed E-state index contributed by atoms with van der Waals surface area (Å²) in [5.74, 6) is -0.523. The van der Waals surface area contributed by atoms with E-state index in [1.54, 1.807) is 23.0 Å². The van der Waals surface area contributed by atoms with Gasteiger partial charge in [-0.15, -0.1) is 0 Å². The molecule has 1 amide bonds. The summed E-state index contributed by atoms with van der Waals surface area (Å²) in [7, 11) is 0.720. The number of aromatic nitrogens is 2. The molecule has 31 heavy (non-hydrogen) atoms. The van der Waals surface area contributed by atoms with Crippen LogP contribution in [0.4, 0.5) is 0 Å². The van der Waals surface area contributed by atoms with Crippen molar-refractivity contribution < 1.29 is 13.2 Å². The van der Waals surface area contributed by atoms with Gasteiger partial charge in [-0.05, 0) is 30.3 Å². The molecule has 0 spiro atoms. The minimum absolute atomic E-state index is 0.0894. The molecular formula is C22H21N5O3S. The van der Waals surface area contributed by atoms with E-state index in [1.807, 2.05) is 36.4 Å². The Hall–Kier alpha value is -3.74. The summed E-state index contributed by atoms with van der Waals surface area (Å²) in [4.78, 5) is 12.1. The SMILES string of the molecule is CNC(=O)/C(C#N)=C/c1cn(-c2ccccc2)nc1-c1cccc(S(=O)(=O)N(C)C)c1. The maximum atomic E-state index is 12.6. The van der Waals surface area contributed by atoms with Gasteiger partial charge in [0, 0.05) is 38.5 Å². The van der Waals surface area contributed by atoms with Gasteiger partial charge in [-0.2, -0.15) is 10.4 Å². The minimum atomic E-state index is -3.64. The number of likely N-dealkylation sites (N-methyl/N-ethyl adjacent to an activating group) is 1. The summed E-state index contributed by atoms with van der Waals surface area (Å²) in [6, 6.07) is 17.6. The predicted molar refractivity (Wildman–Crippen MR) is 118 cm³/mol. The van der Waals surface area contributed by atoms with Crippen LogP contribution in [0.2, 0.25) is 0 Å². The monoisotopic (exact) mass is 435 g/mol. The lowest BCUT2D eigenvalue weighted by molar-refractivity contribution is -0.116. The topological polar surface area (TPSA) is 108 Å². The van der Waals surface area contributed by atoms with Crippen LogP contribution >= 0.6 is 0 Å². The summed E-state index contributed by atoms with van der Waals surface area (Å²) in [5, 5.41) is 16.4. The number of carbonyl (C=O) groups excluding carboxylic acids is 1. The molecule has 1 heterocycles. The maximum absolute atomic E-state index is 12.6. The van der Waals surface area contributed by atoms with Crippen LogP contribution in [-0.4, -0.2) is 49.6 Å². The molecule has 158 valence electrons. The molecule has 0 aliphatic rings. The zero-order valence-electron chi connectivity index (χ0n) is 17.3. The van der Waals surface area contributed by atoms with Crippen LogP contribution in [0.3, 0.4) is 0 Å². The molecule has 8 nitrogen and oxygen atoms in total. The Labute approximate surface area is 181 Å². The second kappa shape index (κ2) is 8.95. The fourth-order valence-corrected chi connectivity index (χ4v) is 3.83. The van der Waals surface area contributed by atoms with Crippen molar-refractivity contribution >= 4 is 22.0 Å². The van der Waals surface area contributed by atoms with Gasteiger partial charge >= 0.3 is 0 Å². The second-order valence-electron chi connectivity index (χ2n) is 6.78. The highest BCUT2D eigenvalue weighted by Gasteiger charge is 2.20. The van der Waals surface area contributed by atoms with Crippen LogP contribution in [0.1, 0.15) is 5.56 Å². The van der Waals surface area contributed by atoms with Gasteiger partial charge in [0.2, 0.25) is 10.0 Å². The van der Waals surface area contributed by atoms with E-state index in [1.165, 1.54) is 39.4 Å². The highest BCUT2D eigenvalue weighted by atomic mass is 32.2. The van der Waals surface area contributed by atoms with Gasteiger partial charge in [0.15, 0.2) is 0 Å². The van der Waals surface area contributed by atoms with E-state index >= 15 is 0 Å². The zero-order valence-corrected chi connectivity index (χ0v) is 18.1. The number of carbonyl (C=O) groups is 1. The van der Waals surface area contributed by atoms with Gasteiger partial charge in [-0.25, -0.2) is 17.4 Å². The Morgan fingerprint density at radius 2 is 1.87 bits per heavy atom. The Bertz CT molecular complexity index is 1290. The third kappa shape index (κ3) is 4.55. The van der Waals surface area contributed by atoms with E-state index in [4.69, 9.17) is 0 Å². The number of nitrogens with one attached hydrogen (secondary N) is 1. The summed E-state index contributed by atoms with van der Waals surface area (Å²) in [6.45, 7) is 0. The first kappa shape index (κ1) is 22.0. The van der Waals surface area contributed by atoms with Crippen LogP contribution in [0.25, 0.3) is 23.0 Å². The van der Waals surface area contributed by atoms with Crippen molar-refractivity contribution in [2.45, 2.75) is 4.90 Å². The van der Waals surface area contributed by atoms with Crippen molar-refractivity contribution in [2.75, 3.05) is 21.1 Å². The molecule has 0 saturated heterocycles. The number of para-hydroxylation sites is 1. The normalized spacial score (nSPS) is 11.9. The number of nitrogens with zero attached hydrogens (tertiary/aromatic N) is 4. The van der Waals surface area contributed by atoms with Gasteiger partial charge in [0.05, 0.1) is 10.6 Å². The van der Waals surface area contributed by atoms with Crippen LogP contribution in [-0.2, 0) is 14.8 Å². The van der Waals surface area contributed by atoms with Crippen LogP contribution in [0.5, 0.6) is 0 Å². The Morgan fingerprint density at radius 1 is 1.16 bits per heavy atom. The van der Waals surface area contributed by atoms with E-state index < -0.39 is 15.9 Å². The van der Waals surface area contributed by atoms with Crippen LogP contribution in [0.15, 0.2) is 71.3 Å². The first-order valence-corrected chi connectivity index (χ1v) is 10.7. The molecule has 0 fully saturated rings. The van der Waals surface area contributed by atoms with Crippen molar-refractivity contribution in [3.63, 3.8) is 0 Å². The van der Waals surface area contributed by atoms with Crippen molar-refractivity contribution in [1.82, 2.24) is 19.4 Å². The van der Waals surface area contributed by atoms with Crippen LogP contribution in [0, 0.1) is 11.3 Å². The van der Waals surface area contributed by atoms with Gasteiger partial charge < -0.3 is 5.32 Å². The van der Waals surface area contributed by atoms with E-state index in [0.717, 1.165) is 9.99 Å². The average molecular weight is 436 g/mol. The fraction of sp³-hybridized carbons (Fsp3) is 0.136. The van der Waals surface area contributed by atoms with Crippen molar-refractivity contribution in [3.05, 3.63) is 71.9 Å².